The molecule has 2 atom stereocenters. The third kappa shape index (κ3) is 3.13. The van der Waals surface area contributed by atoms with Crippen molar-refractivity contribution < 1.29 is 23.0 Å². The summed E-state index contributed by atoms with van der Waals surface area (Å²) < 4.78 is 50.5. The molecule has 2 unspecified atom stereocenters. The first kappa shape index (κ1) is 21.3. The van der Waals surface area contributed by atoms with Gasteiger partial charge in [-0.1, -0.05) is 0 Å². The lowest BCUT2D eigenvalue weighted by atomic mass is 9.93. The lowest BCUT2D eigenvalue weighted by Crippen LogP contribution is -2.44. The van der Waals surface area contributed by atoms with E-state index in [-0.39, 0.29) is 35.5 Å². The number of halogens is 3. The molecular weight excluding hydrogens is 429 g/mol. The van der Waals surface area contributed by atoms with Crippen LogP contribution >= 0.6 is 0 Å². The molecule has 1 aromatic carbocycles. The minimum atomic E-state index is -3.28. The zero-order chi connectivity index (χ0) is 22.9. The summed E-state index contributed by atoms with van der Waals surface area (Å²) in [4.78, 5) is 28.7. The van der Waals surface area contributed by atoms with Gasteiger partial charge in [-0.15, -0.1) is 0 Å². The van der Waals surface area contributed by atoms with Gasteiger partial charge in [0.2, 0.25) is 0 Å². The van der Waals surface area contributed by atoms with E-state index in [0.29, 0.717) is 38.6 Å². The van der Waals surface area contributed by atoms with Gasteiger partial charge >= 0.3 is 5.69 Å². The highest BCUT2D eigenvalue weighted by molar-refractivity contribution is 5.94. The summed E-state index contributed by atoms with van der Waals surface area (Å²) in [6.07, 6.45) is -0.255. The average Bonchev–Trinajstić information content (AvgIpc) is 3.66. The number of aromatic nitrogens is 2. The van der Waals surface area contributed by atoms with Gasteiger partial charge in [-0.3, -0.25) is 14.3 Å². The van der Waals surface area contributed by atoms with Gasteiger partial charge in [0.15, 0.2) is 11.6 Å². The number of benzene rings is 1. The monoisotopic (exact) mass is 454 g/mol. The maximum atomic E-state index is 15.6. The molecule has 2 saturated carbocycles. The second-order valence-electron chi connectivity index (χ2n) is 9.12. The van der Waals surface area contributed by atoms with Crippen LogP contribution in [0.25, 0.3) is 10.9 Å². The van der Waals surface area contributed by atoms with E-state index in [9.17, 15) is 23.5 Å². The van der Waals surface area contributed by atoms with Crippen molar-refractivity contribution in [1.29, 1.82) is 0 Å². The number of aromatic amines is 1. The lowest BCUT2D eigenvalue weighted by molar-refractivity contribution is 0.0968. The van der Waals surface area contributed by atoms with E-state index in [4.69, 9.17) is 10.5 Å². The largest absolute Gasteiger partial charge is 0.492 e. The molecule has 4 N–H and O–H groups in total. The molecule has 32 heavy (non-hydrogen) atoms. The average molecular weight is 454 g/mol. The van der Waals surface area contributed by atoms with Crippen molar-refractivity contribution >= 4 is 16.6 Å². The Morgan fingerprint density at radius 3 is 2.50 bits per heavy atom. The Labute approximate surface area is 180 Å². The van der Waals surface area contributed by atoms with Crippen LogP contribution in [0.5, 0.6) is 5.75 Å². The Hall–Kier alpha value is -2.53. The highest BCUT2D eigenvalue weighted by Gasteiger charge is 2.50. The first-order chi connectivity index (χ1) is 15.2. The van der Waals surface area contributed by atoms with Gasteiger partial charge in [0, 0.05) is 25.2 Å². The van der Waals surface area contributed by atoms with E-state index in [1.165, 1.54) is 11.7 Å². The Bertz CT molecular complexity index is 1200. The summed E-state index contributed by atoms with van der Waals surface area (Å²) in [7, 11) is 1.26. The van der Waals surface area contributed by atoms with Crippen LogP contribution in [0.2, 0.25) is 0 Å². The van der Waals surface area contributed by atoms with Gasteiger partial charge in [-0.25, -0.2) is 18.0 Å². The number of fused-ring (bicyclic) bond motifs is 1. The van der Waals surface area contributed by atoms with Crippen LogP contribution < -0.4 is 26.6 Å². The molecule has 0 amide bonds. The SMILES string of the molecule is COc1c(N2CCC(C(N)C3(O)CC3)C2)c(F)c(C(F)F)c2c(=O)[nH]c(=O)n(C3CC3)c12. The van der Waals surface area contributed by atoms with Crippen LogP contribution in [0.1, 0.15) is 50.1 Å². The number of nitrogens with zero attached hydrogens (tertiary/aromatic N) is 2. The molecule has 8 nitrogen and oxygen atoms in total. The zero-order valence-corrected chi connectivity index (χ0v) is 17.5. The molecule has 2 aromatic rings. The van der Waals surface area contributed by atoms with Crippen LogP contribution in [0.3, 0.4) is 0 Å². The first-order valence-corrected chi connectivity index (χ1v) is 10.8. The highest BCUT2D eigenvalue weighted by Crippen LogP contribution is 2.48. The van der Waals surface area contributed by atoms with Crippen LogP contribution in [0, 0.1) is 11.7 Å². The lowest BCUT2D eigenvalue weighted by Gasteiger charge is -2.28. The van der Waals surface area contributed by atoms with Crippen LogP contribution in [-0.4, -0.2) is 46.5 Å². The molecular formula is C21H25F3N4O4. The second-order valence-corrected chi connectivity index (χ2v) is 9.12. The molecule has 1 aromatic heterocycles. The maximum absolute atomic E-state index is 15.6. The third-order valence-corrected chi connectivity index (χ3v) is 7.05. The minimum Gasteiger partial charge on any atom is -0.492 e. The standard InChI is InChI=1S/C21H25F3N4O4/c1-32-16-14-12(19(29)26-20(30)28(14)10-2-3-10)11(18(23)24)13(22)15(16)27-7-4-9(8-27)17(25)21(31)5-6-21/h9-10,17-18,31H,2-8,25H2,1H3,(H,26,29,30). The smallest absolute Gasteiger partial charge is 0.329 e. The zero-order valence-electron chi connectivity index (χ0n) is 17.5. The quantitative estimate of drug-likeness (QED) is 0.613. The summed E-state index contributed by atoms with van der Waals surface area (Å²) >= 11 is 0. The number of nitrogens with one attached hydrogen (secondary N) is 1. The normalized spacial score (nSPS) is 23.2. The Balaban J connectivity index is 1.73. The van der Waals surface area contributed by atoms with Gasteiger partial charge in [0.05, 0.1) is 23.7 Å². The van der Waals surface area contributed by atoms with Crippen LogP contribution in [0.4, 0.5) is 18.9 Å². The van der Waals surface area contributed by atoms with Crippen molar-refractivity contribution in [3.8, 4) is 5.75 Å². The van der Waals surface area contributed by atoms with E-state index in [1.54, 1.807) is 4.90 Å². The molecule has 0 spiro atoms. The predicted molar refractivity (Wildman–Crippen MR) is 111 cm³/mol. The van der Waals surface area contributed by atoms with Crippen LogP contribution in [-0.2, 0) is 0 Å². The molecule has 5 rings (SSSR count). The Morgan fingerprint density at radius 2 is 1.94 bits per heavy atom. The van der Waals surface area contributed by atoms with Crippen molar-refractivity contribution in [2.45, 2.75) is 56.2 Å². The fourth-order valence-corrected chi connectivity index (χ4v) is 5.02. The van der Waals surface area contributed by atoms with E-state index in [0.717, 1.165) is 0 Å². The number of rotatable bonds is 6. The van der Waals surface area contributed by atoms with E-state index >= 15 is 4.39 Å². The topological polar surface area (TPSA) is 114 Å². The molecule has 0 bridgehead atoms. The number of aliphatic hydroxyl groups is 1. The van der Waals surface area contributed by atoms with Crippen molar-refractivity contribution in [3.63, 3.8) is 0 Å². The van der Waals surface area contributed by atoms with Crippen molar-refractivity contribution in [2.24, 2.45) is 11.7 Å². The van der Waals surface area contributed by atoms with Crippen molar-refractivity contribution in [1.82, 2.24) is 9.55 Å². The third-order valence-electron chi connectivity index (χ3n) is 7.05. The molecule has 1 aliphatic heterocycles. The molecule has 3 fully saturated rings. The molecule has 0 radical (unpaired) electrons. The van der Waals surface area contributed by atoms with Gasteiger partial charge in [0.1, 0.15) is 11.2 Å². The summed E-state index contributed by atoms with van der Waals surface area (Å²) in [6, 6.07) is -0.785. The number of H-pyrrole nitrogens is 1. The van der Waals surface area contributed by atoms with Gasteiger partial charge in [-0.2, -0.15) is 0 Å². The molecule has 2 aliphatic carbocycles. The number of methoxy groups -OCH3 is 1. The second kappa shape index (κ2) is 7.24. The molecule has 2 heterocycles. The van der Waals surface area contributed by atoms with Crippen LogP contribution in [0.15, 0.2) is 9.59 Å². The fraction of sp³-hybridized carbons (Fsp3) is 0.619. The minimum absolute atomic E-state index is 0.107. The van der Waals surface area contributed by atoms with E-state index in [1.807, 2.05) is 4.98 Å². The number of ether oxygens (including phenoxy) is 1. The Kier molecular flexibility index (Phi) is 4.82. The highest BCUT2D eigenvalue weighted by atomic mass is 19.3. The summed E-state index contributed by atoms with van der Waals surface area (Å²) in [6.45, 7) is 0.550. The number of anilines is 1. The number of alkyl halides is 2. The molecule has 11 heteroatoms. The molecule has 174 valence electrons. The van der Waals surface area contributed by atoms with E-state index < -0.39 is 46.1 Å². The first-order valence-electron chi connectivity index (χ1n) is 10.8. The Morgan fingerprint density at radius 1 is 1.25 bits per heavy atom. The summed E-state index contributed by atoms with van der Waals surface area (Å²) in [5, 5.41) is 9.81. The maximum Gasteiger partial charge on any atom is 0.329 e. The number of nitrogens with two attached hydrogens (primary N) is 1. The summed E-state index contributed by atoms with van der Waals surface area (Å²) in [5.41, 5.74) is 2.15. The number of hydrogen-bond acceptors (Lipinski definition) is 6. The summed E-state index contributed by atoms with van der Waals surface area (Å²) in [5.74, 6) is -1.52. The van der Waals surface area contributed by atoms with Gasteiger partial charge in [-0.05, 0) is 38.0 Å². The van der Waals surface area contributed by atoms with E-state index in [2.05, 4.69) is 0 Å². The number of hydrogen-bond donors (Lipinski definition) is 3. The predicted octanol–water partition coefficient (Wildman–Crippen LogP) is 1.79. The van der Waals surface area contributed by atoms with Gasteiger partial charge < -0.3 is 20.5 Å². The van der Waals surface area contributed by atoms with Crippen molar-refractivity contribution in [3.05, 3.63) is 32.2 Å². The van der Waals surface area contributed by atoms with Crippen molar-refractivity contribution in [2.75, 3.05) is 25.1 Å². The molecule has 3 aliphatic rings. The molecule has 1 saturated heterocycles. The fourth-order valence-electron chi connectivity index (χ4n) is 5.02. The van der Waals surface area contributed by atoms with Gasteiger partial charge in [0.25, 0.3) is 12.0 Å².